The topological polar surface area (TPSA) is 49.4 Å². The van der Waals surface area contributed by atoms with Crippen LogP contribution in [0.15, 0.2) is 66.7 Å². The normalized spacial score (nSPS) is 16.0. The third-order valence-electron chi connectivity index (χ3n) is 5.07. The fraction of sp³-hybridized carbons (Fsp3) is 0.167. The lowest BCUT2D eigenvalue weighted by molar-refractivity contribution is -0.115. The van der Waals surface area contributed by atoms with E-state index in [0.717, 1.165) is 22.4 Å². The average Bonchev–Trinajstić information content (AvgIpc) is 3.10. The minimum absolute atomic E-state index is 0.0594. The van der Waals surface area contributed by atoms with E-state index in [4.69, 9.17) is 11.6 Å². The number of para-hydroxylation sites is 1. The van der Waals surface area contributed by atoms with Gasteiger partial charge in [-0.1, -0.05) is 59.6 Å². The molecule has 0 spiro atoms. The molecular formula is C24H21ClN2O2S. The SMILES string of the molecule is Cc1ccc(N2C(=O)CS[C@@H]2c2ccccc2NC(=O)c2ccccc2Cl)c(C)c1. The van der Waals surface area contributed by atoms with Crippen LogP contribution in [-0.2, 0) is 4.79 Å². The molecule has 0 unspecified atom stereocenters. The standard InChI is InChI=1S/C24H21ClN2O2S/c1-15-11-12-21(16(2)13-15)27-22(28)14-30-24(27)18-8-4-6-10-20(18)26-23(29)17-7-3-5-9-19(17)25/h3-13,24H,14H2,1-2H3,(H,26,29)/t24-/m1/s1. The van der Waals surface area contributed by atoms with Gasteiger partial charge in [-0.05, 0) is 43.7 Å². The fourth-order valence-electron chi connectivity index (χ4n) is 3.65. The molecule has 3 aromatic rings. The molecule has 1 saturated heterocycles. The van der Waals surface area contributed by atoms with E-state index in [0.29, 0.717) is 22.0 Å². The summed E-state index contributed by atoms with van der Waals surface area (Å²) in [7, 11) is 0. The molecule has 0 radical (unpaired) electrons. The van der Waals surface area contributed by atoms with Crippen LogP contribution in [0.1, 0.15) is 32.4 Å². The number of thioether (sulfide) groups is 1. The Morgan fingerprint density at radius 3 is 2.57 bits per heavy atom. The Bertz CT molecular complexity index is 1130. The first-order valence-electron chi connectivity index (χ1n) is 9.61. The number of anilines is 2. The number of benzene rings is 3. The molecule has 4 nitrogen and oxygen atoms in total. The molecule has 0 aromatic heterocycles. The van der Waals surface area contributed by atoms with E-state index in [-0.39, 0.29) is 17.2 Å². The number of aryl methyl sites for hydroxylation is 2. The second kappa shape index (κ2) is 8.54. The molecule has 6 heteroatoms. The van der Waals surface area contributed by atoms with Gasteiger partial charge in [0.15, 0.2) is 0 Å². The lowest BCUT2D eigenvalue weighted by atomic mass is 10.1. The third-order valence-corrected chi connectivity index (χ3v) is 6.60. The lowest BCUT2D eigenvalue weighted by Gasteiger charge is -2.27. The Morgan fingerprint density at radius 2 is 1.80 bits per heavy atom. The molecule has 1 fully saturated rings. The van der Waals surface area contributed by atoms with Crippen molar-refractivity contribution in [2.75, 3.05) is 16.0 Å². The number of amides is 2. The quantitative estimate of drug-likeness (QED) is 0.546. The van der Waals surface area contributed by atoms with Gasteiger partial charge < -0.3 is 5.32 Å². The number of carbonyl (C=O) groups excluding carboxylic acids is 2. The van der Waals surface area contributed by atoms with Crippen molar-refractivity contribution in [1.82, 2.24) is 0 Å². The second-order valence-corrected chi connectivity index (χ2v) is 8.71. The highest BCUT2D eigenvalue weighted by Gasteiger charge is 2.36. The zero-order valence-corrected chi connectivity index (χ0v) is 18.3. The molecule has 152 valence electrons. The van der Waals surface area contributed by atoms with Crippen LogP contribution in [-0.4, -0.2) is 17.6 Å². The molecule has 4 rings (SSSR count). The molecule has 2 amide bonds. The number of carbonyl (C=O) groups is 2. The van der Waals surface area contributed by atoms with E-state index in [9.17, 15) is 9.59 Å². The minimum Gasteiger partial charge on any atom is -0.322 e. The third kappa shape index (κ3) is 3.95. The molecule has 1 aliphatic heterocycles. The van der Waals surface area contributed by atoms with Crippen LogP contribution in [0.5, 0.6) is 0 Å². The molecule has 1 atom stereocenters. The number of nitrogens with zero attached hydrogens (tertiary/aromatic N) is 1. The van der Waals surface area contributed by atoms with Gasteiger partial charge in [0.05, 0.1) is 16.3 Å². The van der Waals surface area contributed by atoms with Gasteiger partial charge in [0.2, 0.25) is 5.91 Å². The van der Waals surface area contributed by atoms with Crippen molar-refractivity contribution >= 4 is 46.6 Å². The zero-order chi connectivity index (χ0) is 21.3. The van der Waals surface area contributed by atoms with Crippen molar-refractivity contribution in [3.05, 3.63) is 94.0 Å². The fourth-order valence-corrected chi connectivity index (χ4v) is 5.08. The van der Waals surface area contributed by atoms with Crippen LogP contribution < -0.4 is 10.2 Å². The smallest absolute Gasteiger partial charge is 0.257 e. The largest absolute Gasteiger partial charge is 0.322 e. The highest BCUT2D eigenvalue weighted by atomic mass is 35.5. The van der Waals surface area contributed by atoms with Crippen LogP contribution in [0.25, 0.3) is 0 Å². The highest BCUT2D eigenvalue weighted by Crippen LogP contribution is 2.45. The molecule has 0 aliphatic carbocycles. The summed E-state index contributed by atoms with van der Waals surface area (Å²) in [5.41, 5.74) is 5.06. The number of halogens is 1. The van der Waals surface area contributed by atoms with Crippen molar-refractivity contribution in [3.8, 4) is 0 Å². The van der Waals surface area contributed by atoms with E-state index in [1.54, 1.807) is 36.0 Å². The number of nitrogens with one attached hydrogen (secondary N) is 1. The van der Waals surface area contributed by atoms with E-state index in [2.05, 4.69) is 11.4 Å². The Morgan fingerprint density at radius 1 is 1.07 bits per heavy atom. The van der Waals surface area contributed by atoms with Crippen LogP contribution in [0.3, 0.4) is 0 Å². The molecule has 1 aliphatic rings. The molecule has 1 heterocycles. The monoisotopic (exact) mass is 436 g/mol. The first-order chi connectivity index (χ1) is 14.5. The summed E-state index contributed by atoms with van der Waals surface area (Å²) in [6.07, 6.45) is 0. The van der Waals surface area contributed by atoms with Crippen molar-refractivity contribution in [2.45, 2.75) is 19.2 Å². The summed E-state index contributed by atoms with van der Waals surface area (Å²) in [6, 6.07) is 20.6. The Hall–Kier alpha value is -2.76. The average molecular weight is 437 g/mol. The van der Waals surface area contributed by atoms with Gasteiger partial charge in [-0.2, -0.15) is 0 Å². The molecule has 1 N–H and O–H groups in total. The van der Waals surface area contributed by atoms with Crippen molar-refractivity contribution in [2.24, 2.45) is 0 Å². The Labute approximate surface area is 185 Å². The van der Waals surface area contributed by atoms with E-state index < -0.39 is 0 Å². The summed E-state index contributed by atoms with van der Waals surface area (Å²) >= 11 is 7.75. The Kier molecular flexibility index (Phi) is 5.84. The molecule has 0 saturated carbocycles. The maximum Gasteiger partial charge on any atom is 0.257 e. The molecular weight excluding hydrogens is 416 g/mol. The van der Waals surface area contributed by atoms with Crippen LogP contribution >= 0.6 is 23.4 Å². The van der Waals surface area contributed by atoms with E-state index >= 15 is 0 Å². The summed E-state index contributed by atoms with van der Waals surface area (Å²) in [6.45, 7) is 4.05. The van der Waals surface area contributed by atoms with Crippen molar-refractivity contribution < 1.29 is 9.59 Å². The van der Waals surface area contributed by atoms with Gasteiger partial charge in [0.1, 0.15) is 5.37 Å². The molecule has 30 heavy (non-hydrogen) atoms. The predicted molar refractivity (Wildman–Crippen MR) is 124 cm³/mol. The van der Waals surface area contributed by atoms with Gasteiger partial charge in [-0.25, -0.2) is 0 Å². The summed E-state index contributed by atoms with van der Waals surface area (Å²) in [5, 5.41) is 3.16. The van der Waals surface area contributed by atoms with Gasteiger partial charge in [-0.3, -0.25) is 14.5 Å². The van der Waals surface area contributed by atoms with Crippen LogP contribution in [0.2, 0.25) is 5.02 Å². The number of hydrogen-bond acceptors (Lipinski definition) is 3. The predicted octanol–water partition coefficient (Wildman–Crippen LogP) is 5.99. The number of rotatable bonds is 4. The second-order valence-electron chi connectivity index (χ2n) is 7.24. The Balaban J connectivity index is 1.69. The summed E-state index contributed by atoms with van der Waals surface area (Å²) < 4.78 is 0. The van der Waals surface area contributed by atoms with Gasteiger partial charge in [-0.15, -0.1) is 11.8 Å². The molecule has 3 aromatic carbocycles. The van der Waals surface area contributed by atoms with Gasteiger partial charge in [0.25, 0.3) is 5.91 Å². The van der Waals surface area contributed by atoms with Crippen molar-refractivity contribution in [1.29, 1.82) is 0 Å². The van der Waals surface area contributed by atoms with Crippen molar-refractivity contribution in [3.63, 3.8) is 0 Å². The maximum atomic E-state index is 12.8. The lowest BCUT2D eigenvalue weighted by Crippen LogP contribution is -2.29. The van der Waals surface area contributed by atoms with Crippen LogP contribution in [0.4, 0.5) is 11.4 Å². The zero-order valence-electron chi connectivity index (χ0n) is 16.7. The number of hydrogen-bond donors (Lipinski definition) is 1. The maximum absolute atomic E-state index is 12.8. The van der Waals surface area contributed by atoms with Gasteiger partial charge >= 0.3 is 0 Å². The minimum atomic E-state index is -0.277. The highest BCUT2D eigenvalue weighted by molar-refractivity contribution is 8.00. The van der Waals surface area contributed by atoms with E-state index in [1.165, 1.54) is 0 Å². The van der Waals surface area contributed by atoms with Crippen LogP contribution in [0, 0.1) is 13.8 Å². The molecule has 0 bridgehead atoms. The first-order valence-corrected chi connectivity index (χ1v) is 11.0. The van der Waals surface area contributed by atoms with Gasteiger partial charge in [0, 0.05) is 16.9 Å². The summed E-state index contributed by atoms with van der Waals surface area (Å²) in [5.74, 6) is 0.176. The first kappa shape index (κ1) is 20.5. The summed E-state index contributed by atoms with van der Waals surface area (Å²) in [4.78, 5) is 27.5. The van der Waals surface area contributed by atoms with E-state index in [1.807, 2.05) is 55.1 Å².